The number of anilines is 3. The summed E-state index contributed by atoms with van der Waals surface area (Å²) in [5.41, 5.74) is 3.27. The van der Waals surface area contributed by atoms with Gasteiger partial charge >= 0.3 is 6.36 Å². The largest absolute Gasteiger partial charge is 0.573 e. The monoisotopic (exact) mass is 525 g/mol. The zero-order valence-corrected chi connectivity index (χ0v) is 20.8. The van der Waals surface area contributed by atoms with Crippen LogP contribution >= 0.6 is 0 Å². The van der Waals surface area contributed by atoms with Crippen LogP contribution in [0, 0.1) is 18.4 Å². The molecule has 0 aliphatic carbocycles. The molecule has 1 aliphatic rings. The van der Waals surface area contributed by atoms with Crippen molar-refractivity contribution in [2.75, 3.05) is 36.4 Å². The van der Waals surface area contributed by atoms with Crippen molar-refractivity contribution in [3.8, 4) is 11.9 Å². The van der Waals surface area contributed by atoms with Gasteiger partial charge in [-0.2, -0.15) is 10.2 Å². The highest BCUT2D eigenvalue weighted by atomic mass is 19.4. The van der Waals surface area contributed by atoms with Crippen LogP contribution in [0.3, 0.4) is 0 Å². The van der Waals surface area contributed by atoms with E-state index in [1.165, 1.54) is 18.5 Å². The molecule has 38 heavy (non-hydrogen) atoms. The molecule has 0 amide bonds. The van der Waals surface area contributed by atoms with Gasteiger partial charge in [0.25, 0.3) is 0 Å². The highest BCUT2D eigenvalue weighted by Crippen LogP contribution is 2.28. The van der Waals surface area contributed by atoms with E-state index in [4.69, 9.17) is 5.26 Å². The van der Waals surface area contributed by atoms with Gasteiger partial charge < -0.3 is 15.0 Å². The van der Waals surface area contributed by atoms with Gasteiger partial charge in [-0.1, -0.05) is 18.2 Å². The lowest BCUT2D eigenvalue weighted by Crippen LogP contribution is -2.46. The van der Waals surface area contributed by atoms with Crippen LogP contribution in [0.25, 0.3) is 0 Å². The summed E-state index contributed by atoms with van der Waals surface area (Å²) < 4.78 is 41.0. The summed E-state index contributed by atoms with van der Waals surface area (Å²) in [5, 5.41) is 14.5. The average molecular weight is 526 g/mol. The summed E-state index contributed by atoms with van der Waals surface area (Å²) in [5.74, 6) is 1.21. The summed E-state index contributed by atoms with van der Waals surface area (Å²) in [6.45, 7) is 7.10. The minimum absolute atomic E-state index is 0.230. The number of nitrogens with one attached hydrogen (secondary N) is 2. The van der Waals surface area contributed by atoms with Crippen LogP contribution in [0.5, 0.6) is 5.75 Å². The van der Waals surface area contributed by atoms with Gasteiger partial charge in [0.1, 0.15) is 17.9 Å². The Hall–Kier alpha value is -4.44. The van der Waals surface area contributed by atoms with Gasteiger partial charge in [-0.25, -0.2) is 15.0 Å². The van der Waals surface area contributed by atoms with E-state index in [2.05, 4.69) is 45.1 Å². The van der Waals surface area contributed by atoms with Crippen molar-refractivity contribution in [2.24, 2.45) is 4.99 Å². The Morgan fingerprint density at radius 1 is 1.11 bits per heavy atom. The van der Waals surface area contributed by atoms with E-state index < -0.39 is 6.36 Å². The van der Waals surface area contributed by atoms with E-state index in [1.54, 1.807) is 19.1 Å². The molecule has 1 aliphatic heterocycles. The number of hydrogen-bond donors (Lipinski definition) is 2. The lowest BCUT2D eigenvalue weighted by atomic mass is 10.1. The Labute approximate surface area is 217 Å². The van der Waals surface area contributed by atoms with Crippen LogP contribution < -0.4 is 20.3 Å². The zero-order chi connectivity index (χ0) is 27.1. The summed E-state index contributed by atoms with van der Waals surface area (Å²) >= 11 is 0. The molecule has 4 rings (SSSR count). The first-order valence-corrected chi connectivity index (χ1v) is 11.8. The smallest absolute Gasteiger partial charge is 0.406 e. The van der Waals surface area contributed by atoms with Gasteiger partial charge in [0.15, 0.2) is 6.19 Å². The van der Waals surface area contributed by atoms with Crippen LogP contribution in [-0.4, -0.2) is 58.2 Å². The maximum absolute atomic E-state index is 12.4. The number of amidine groups is 1. The van der Waals surface area contributed by atoms with Crippen LogP contribution in [0.15, 0.2) is 53.8 Å². The quantitative estimate of drug-likeness (QED) is 0.202. The number of benzene rings is 2. The predicted molar refractivity (Wildman–Crippen MR) is 136 cm³/mol. The molecule has 0 radical (unpaired) electrons. The van der Waals surface area contributed by atoms with Gasteiger partial charge in [-0.3, -0.25) is 10.2 Å². The van der Waals surface area contributed by atoms with Crippen LogP contribution in [0.4, 0.5) is 36.4 Å². The third-order valence-electron chi connectivity index (χ3n) is 5.85. The van der Waals surface area contributed by atoms with Crippen molar-refractivity contribution in [1.82, 2.24) is 25.2 Å². The SMILES string of the molecule is CC(=Nc1cccc(Nc2ncnc(N3CCN(Cc4ccc(OC(F)(F)F)cc4)CC3)n2)c1C)NC#N. The van der Waals surface area contributed by atoms with Gasteiger partial charge in [-0.15, -0.1) is 13.2 Å². The molecule has 0 saturated carbocycles. The molecule has 2 heterocycles. The van der Waals surface area contributed by atoms with E-state index in [0.717, 1.165) is 29.9 Å². The lowest BCUT2D eigenvalue weighted by molar-refractivity contribution is -0.274. The van der Waals surface area contributed by atoms with Crippen molar-refractivity contribution >= 4 is 29.1 Å². The molecule has 1 fully saturated rings. The van der Waals surface area contributed by atoms with E-state index >= 15 is 0 Å². The Morgan fingerprint density at radius 2 is 1.84 bits per heavy atom. The zero-order valence-electron chi connectivity index (χ0n) is 20.8. The summed E-state index contributed by atoms with van der Waals surface area (Å²) in [6, 6.07) is 11.5. The highest BCUT2D eigenvalue weighted by Gasteiger charge is 2.31. The summed E-state index contributed by atoms with van der Waals surface area (Å²) in [4.78, 5) is 21.9. The molecule has 2 N–H and O–H groups in total. The Balaban J connectivity index is 1.35. The number of halogens is 3. The number of aromatic nitrogens is 3. The molecule has 1 aromatic heterocycles. The number of nitrogens with zero attached hydrogens (tertiary/aromatic N) is 7. The molecule has 0 atom stereocenters. The first-order valence-electron chi connectivity index (χ1n) is 11.8. The summed E-state index contributed by atoms with van der Waals surface area (Å²) in [6.07, 6.45) is -1.39. The fraction of sp³-hybridized carbons (Fsp3) is 0.320. The number of ether oxygens (including phenoxy) is 1. The van der Waals surface area contributed by atoms with Crippen molar-refractivity contribution in [3.63, 3.8) is 0 Å². The number of aliphatic imine (C=N–C) groups is 1. The molecule has 198 valence electrons. The molecule has 0 unspecified atom stereocenters. The molecule has 10 nitrogen and oxygen atoms in total. The molecule has 0 spiro atoms. The number of piperazine rings is 1. The number of rotatable bonds is 7. The second-order valence-electron chi connectivity index (χ2n) is 8.57. The second kappa shape index (κ2) is 11.7. The fourth-order valence-corrected chi connectivity index (χ4v) is 3.95. The van der Waals surface area contributed by atoms with Gasteiger partial charge in [0, 0.05) is 38.4 Å². The standard InChI is InChI=1S/C25H26F3N9O/c1-17-21(33-18(2)30-15-29)4-3-5-22(17)34-23-31-16-32-24(35-23)37-12-10-36(11-13-37)14-19-6-8-20(9-7-19)38-25(26,27)28/h3-9,16H,10-14H2,1-2H3,(H,30,33)(H,31,32,34,35). The van der Waals surface area contributed by atoms with Gasteiger partial charge in [-0.05, 0) is 49.2 Å². The highest BCUT2D eigenvalue weighted by molar-refractivity contribution is 5.84. The number of hydrogen-bond acceptors (Lipinski definition) is 9. The minimum Gasteiger partial charge on any atom is -0.406 e. The van der Waals surface area contributed by atoms with Crippen molar-refractivity contribution in [2.45, 2.75) is 26.8 Å². The van der Waals surface area contributed by atoms with Crippen molar-refractivity contribution < 1.29 is 17.9 Å². The Morgan fingerprint density at radius 3 is 2.53 bits per heavy atom. The molecule has 13 heteroatoms. The molecule has 0 bridgehead atoms. The summed E-state index contributed by atoms with van der Waals surface area (Å²) in [7, 11) is 0. The third kappa shape index (κ3) is 7.30. The number of nitriles is 1. The van der Waals surface area contributed by atoms with Crippen LogP contribution in [0.1, 0.15) is 18.1 Å². The van der Waals surface area contributed by atoms with Crippen molar-refractivity contribution in [1.29, 1.82) is 5.26 Å². The van der Waals surface area contributed by atoms with E-state index in [-0.39, 0.29) is 5.75 Å². The Bertz CT molecular complexity index is 1310. The van der Waals surface area contributed by atoms with Crippen LogP contribution in [0.2, 0.25) is 0 Å². The van der Waals surface area contributed by atoms with E-state index in [9.17, 15) is 13.2 Å². The maximum Gasteiger partial charge on any atom is 0.573 e. The molecule has 2 aromatic carbocycles. The maximum atomic E-state index is 12.4. The van der Waals surface area contributed by atoms with Crippen molar-refractivity contribution in [3.05, 3.63) is 59.9 Å². The molecule has 1 saturated heterocycles. The van der Waals surface area contributed by atoms with Gasteiger partial charge in [0.2, 0.25) is 11.9 Å². The predicted octanol–water partition coefficient (Wildman–Crippen LogP) is 4.27. The van der Waals surface area contributed by atoms with Crippen LogP contribution in [-0.2, 0) is 6.54 Å². The fourth-order valence-electron chi connectivity index (χ4n) is 3.95. The molecular weight excluding hydrogens is 499 g/mol. The topological polar surface area (TPSA) is 115 Å². The third-order valence-corrected chi connectivity index (χ3v) is 5.85. The van der Waals surface area contributed by atoms with Gasteiger partial charge in [0.05, 0.1) is 5.69 Å². The number of alkyl halides is 3. The average Bonchev–Trinajstić information content (AvgIpc) is 2.88. The first-order chi connectivity index (χ1) is 18.2. The molecule has 3 aromatic rings. The Kier molecular flexibility index (Phi) is 8.22. The van der Waals surface area contributed by atoms with E-state index in [1.807, 2.05) is 31.3 Å². The normalized spacial score (nSPS) is 14.6. The van der Waals surface area contributed by atoms with E-state index in [0.29, 0.717) is 43.1 Å². The lowest BCUT2D eigenvalue weighted by Gasteiger charge is -2.34. The molecular formula is C25H26F3N9O. The second-order valence-corrected chi connectivity index (χ2v) is 8.57. The minimum atomic E-state index is -4.70. The first kappa shape index (κ1) is 26.6.